The molecule has 2 heterocycles. The zero-order valence-corrected chi connectivity index (χ0v) is 13.3. The fourth-order valence-corrected chi connectivity index (χ4v) is 3.25. The Labute approximate surface area is 126 Å². The Morgan fingerprint density at radius 1 is 1.35 bits per heavy atom. The zero-order chi connectivity index (χ0) is 14.4. The second kappa shape index (κ2) is 7.51. The predicted octanol–water partition coefficient (Wildman–Crippen LogP) is 2.76. The first-order valence-electron chi connectivity index (χ1n) is 6.30. The number of aromatic nitrogens is 4. The molecule has 0 bridgehead atoms. The summed E-state index contributed by atoms with van der Waals surface area (Å²) in [5, 5.41) is 13.2. The number of nitrogens with one attached hydrogen (secondary N) is 1. The van der Waals surface area contributed by atoms with E-state index in [-0.39, 0.29) is 0 Å². The molecule has 108 valence electrons. The summed E-state index contributed by atoms with van der Waals surface area (Å²) >= 11 is 3.05. The molecule has 0 radical (unpaired) electrons. The number of methoxy groups -OCH3 is 1. The van der Waals surface area contributed by atoms with E-state index in [2.05, 4.69) is 32.4 Å². The Kier molecular flexibility index (Phi) is 5.69. The molecule has 8 heteroatoms. The van der Waals surface area contributed by atoms with Gasteiger partial charge in [-0.15, -0.1) is 10.2 Å². The Morgan fingerprint density at radius 2 is 2.20 bits per heavy atom. The zero-order valence-electron chi connectivity index (χ0n) is 11.7. The van der Waals surface area contributed by atoms with Crippen LogP contribution < -0.4 is 5.32 Å². The van der Waals surface area contributed by atoms with E-state index < -0.39 is 0 Å². The number of rotatable bonds is 7. The van der Waals surface area contributed by atoms with E-state index >= 15 is 0 Å². The van der Waals surface area contributed by atoms with Crippen molar-refractivity contribution < 1.29 is 4.74 Å². The molecular weight excluding hydrogens is 294 g/mol. The van der Waals surface area contributed by atoms with Crippen LogP contribution in [0.25, 0.3) is 0 Å². The molecule has 0 aliphatic heterocycles. The van der Waals surface area contributed by atoms with Crippen LogP contribution >= 0.6 is 23.1 Å². The van der Waals surface area contributed by atoms with Crippen LogP contribution in [0, 0.1) is 6.92 Å². The van der Waals surface area contributed by atoms with Gasteiger partial charge in [0.05, 0.1) is 0 Å². The summed E-state index contributed by atoms with van der Waals surface area (Å²) in [6, 6.07) is 1.93. The fraction of sp³-hybridized carbons (Fsp3) is 0.500. The maximum atomic E-state index is 5.11. The molecule has 0 saturated heterocycles. The summed E-state index contributed by atoms with van der Waals surface area (Å²) in [6.07, 6.45) is 1.04. The summed E-state index contributed by atoms with van der Waals surface area (Å²) in [6.45, 7) is 5.33. The highest BCUT2D eigenvalue weighted by molar-refractivity contribution is 8.01. The van der Waals surface area contributed by atoms with Gasteiger partial charge in [-0.1, -0.05) is 18.3 Å². The van der Waals surface area contributed by atoms with E-state index in [9.17, 15) is 0 Å². The number of anilines is 1. The van der Waals surface area contributed by atoms with Crippen molar-refractivity contribution in [3.63, 3.8) is 0 Å². The SMILES string of the molecule is CCCNc1cc(Sc2nnc(C)s2)nc(COC)n1. The van der Waals surface area contributed by atoms with Crippen LogP contribution in [0.15, 0.2) is 15.4 Å². The van der Waals surface area contributed by atoms with Gasteiger partial charge in [0, 0.05) is 19.7 Å². The van der Waals surface area contributed by atoms with Crippen molar-refractivity contribution in [3.8, 4) is 0 Å². The molecule has 2 aromatic heterocycles. The van der Waals surface area contributed by atoms with E-state index in [4.69, 9.17) is 4.74 Å². The summed E-state index contributed by atoms with van der Waals surface area (Å²) < 4.78 is 5.99. The van der Waals surface area contributed by atoms with Crippen LogP contribution in [-0.2, 0) is 11.3 Å². The Morgan fingerprint density at radius 3 is 2.85 bits per heavy atom. The average molecular weight is 311 g/mol. The van der Waals surface area contributed by atoms with Crippen LogP contribution in [0.4, 0.5) is 5.82 Å². The van der Waals surface area contributed by atoms with Crippen LogP contribution in [0.2, 0.25) is 0 Å². The van der Waals surface area contributed by atoms with Crippen molar-refractivity contribution in [1.82, 2.24) is 20.2 Å². The third-order valence-corrected chi connectivity index (χ3v) is 4.09. The normalized spacial score (nSPS) is 10.8. The highest BCUT2D eigenvalue weighted by Gasteiger charge is 2.09. The van der Waals surface area contributed by atoms with E-state index in [1.54, 1.807) is 18.4 Å². The van der Waals surface area contributed by atoms with Crippen LogP contribution in [0.5, 0.6) is 0 Å². The Bertz CT molecular complexity index is 561. The Hall–Kier alpha value is -1.25. The van der Waals surface area contributed by atoms with E-state index in [0.717, 1.165) is 33.2 Å². The molecule has 0 spiro atoms. The summed E-state index contributed by atoms with van der Waals surface area (Å²) in [7, 11) is 1.64. The molecule has 0 amide bonds. The van der Waals surface area contributed by atoms with Gasteiger partial charge in [-0.3, -0.25) is 0 Å². The van der Waals surface area contributed by atoms with Gasteiger partial charge in [0.1, 0.15) is 22.5 Å². The summed E-state index contributed by atoms with van der Waals surface area (Å²) in [5.41, 5.74) is 0. The van der Waals surface area contributed by atoms with E-state index in [1.807, 2.05) is 13.0 Å². The number of hydrogen-bond acceptors (Lipinski definition) is 8. The number of nitrogens with zero attached hydrogens (tertiary/aromatic N) is 4. The van der Waals surface area contributed by atoms with Crippen molar-refractivity contribution in [3.05, 3.63) is 16.9 Å². The van der Waals surface area contributed by atoms with Crippen LogP contribution in [-0.4, -0.2) is 33.8 Å². The summed E-state index contributed by atoms with van der Waals surface area (Å²) in [5.74, 6) is 1.48. The fourth-order valence-electron chi connectivity index (χ4n) is 1.47. The van der Waals surface area contributed by atoms with Gasteiger partial charge in [-0.25, -0.2) is 9.97 Å². The first-order chi connectivity index (χ1) is 9.71. The molecule has 6 nitrogen and oxygen atoms in total. The third-order valence-electron chi connectivity index (χ3n) is 2.28. The maximum Gasteiger partial charge on any atom is 0.180 e. The van der Waals surface area contributed by atoms with Gasteiger partial charge in [-0.05, 0) is 25.1 Å². The largest absolute Gasteiger partial charge is 0.377 e. The molecule has 2 rings (SSSR count). The second-order valence-corrected chi connectivity index (χ2v) is 6.51. The number of hydrogen-bond donors (Lipinski definition) is 1. The van der Waals surface area contributed by atoms with Gasteiger partial charge in [-0.2, -0.15) is 0 Å². The lowest BCUT2D eigenvalue weighted by Crippen LogP contribution is -2.06. The molecule has 0 saturated carbocycles. The van der Waals surface area contributed by atoms with Gasteiger partial charge in [0.25, 0.3) is 0 Å². The van der Waals surface area contributed by atoms with Crippen LogP contribution in [0.1, 0.15) is 24.2 Å². The lowest BCUT2D eigenvalue weighted by Gasteiger charge is -2.08. The predicted molar refractivity (Wildman–Crippen MR) is 80.3 cm³/mol. The van der Waals surface area contributed by atoms with Crippen LogP contribution in [0.3, 0.4) is 0 Å². The highest BCUT2D eigenvalue weighted by Crippen LogP contribution is 2.29. The lowest BCUT2D eigenvalue weighted by atomic mass is 10.4. The maximum absolute atomic E-state index is 5.11. The number of ether oxygens (including phenoxy) is 1. The Balaban J connectivity index is 2.18. The topological polar surface area (TPSA) is 72.8 Å². The molecule has 0 atom stereocenters. The molecule has 0 unspecified atom stereocenters. The summed E-state index contributed by atoms with van der Waals surface area (Å²) in [4.78, 5) is 8.88. The lowest BCUT2D eigenvalue weighted by molar-refractivity contribution is 0.177. The van der Waals surface area contributed by atoms with Crippen molar-refractivity contribution in [2.24, 2.45) is 0 Å². The van der Waals surface area contributed by atoms with Gasteiger partial charge >= 0.3 is 0 Å². The quantitative estimate of drug-likeness (QED) is 0.788. The van der Waals surface area contributed by atoms with E-state index in [0.29, 0.717) is 12.4 Å². The van der Waals surface area contributed by atoms with Crippen molar-refractivity contribution >= 4 is 28.9 Å². The number of aryl methyl sites for hydroxylation is 1. The molecule has 1 N–H and O–H groups in total. The third kappa shape index (κ3) is 4.39. The molecular formula is C12H17N5OS2. The standard InChI is InChI=1S/C12H17N5OS2/c1-4-5-13-9-6-11(15-10(14-9)7-18-3)20-12-17-16-8(2)19-12/h6H,4-5,7H2,1-3H3,(H,13,14,15). The molecule has 20 heavy (non-hydrogen) atoms. The molecule has 0 aliphatic carbocycles. The second-order valence-electron chi connectivity index (χ2n) is 4.06. The van der Waals surface area contributed by atoms with Gasteiger partial charge in [0.15, 0.2) is 10.2 Å². The molecule has 0 aromatic carbocycles. The highest BCUT2D eigenvalue weighted by atomic mass is 32.2. The minimum atomic E-state index is 0.393. The minimum Gasteiger partial charge on any atom is -0.377 e. The average Bonchev–Trinajstić information content (AvgIpc) is 2.82. The minimum absolute atomic E-state index is 0.393. The molecule has 2 aromatic rings. The van der Waals surface area contributed by atoms with Crippen molar-refractivity contribution in [2.45, 2.75) is 36.2 Å². The van der Waals surface area contributed by atoms with Crippen molar-refractivity contribution in [2.75, 3.05) is 19.0 Å². The van der Waals surface area contributed by atoms with Gasteiger partial charge in [0.2, 0.25) is 0 Å². The smallest absolute Gasteiger partial charge is 0.180 e. The van der Waals surface area contributed by atoms with E-state index in [1.165, 1.54) is 11.8 Å². The van der Waals surface area contributed by atoms with Crippen molar-refractivity contribution in [1.29, 1.82) is 0 Å². The van der Waals surface area contributed by atoms with Gasteiger partial charge < -0.3 is 10.1 Å². The molecule has 0 fully saturated rings. The first-order valence-corrected chi connectivity index (χ1v) is 7.93. The monoisotopic (exact) mass is 311 g/mol. The molecule has 0 aliphatic rings. The first kappa shape index (κ1) is 15.1.